The number of aromatic nitrogens is 1. The van der Waals surface area contributed by atoms with Crippen LogP contribution in [-0.2, 0) is 14.3 Å². The number of hydrogen-bond acceptors (Lipinski definition) is 6. The van der Waals surface area contributed by atoms with E-state index in [0.717, 1.165) is 21.9 Å². The van der Waals surface area contributed by atoms with Crippen molar-refractivity contribution in [2.45, 2.75) is 6.92 Å². The van der Waals surface area contributed by atoms with E-state index in [1.165, 1.54) is 31.8 Å². The highest BCUT2D eigenvalue weighted by Crippen LogP contribution is 2.33. The summed E-state index contributed by atoms with van der Waals surface area (Å²) in [5, 5.41) is 0.820. The Morgan fingerprint density at radius 2 is 2.05 bits per heavy atom. The van der Waals surface area contributed by atoms with Crippen molar-refractivity contribution in [3.05, 3.63) is 41.1 Å². The van der Waals surface area contributed by atoms with Crippen LogP contribution in [0.3, 0.4) is 0 Å². The molecule has 2 aromatic rings. The molecule has 0 atom stereocenters. The first-order valence-electron chi connectivity index (χ1n) is 6.53. The van der Waals surface area contributed by atoms with E-state index in [1.54, 1.807) is 13.3 Å². The third-order valence-electron chi connectivity index (χ3n) is 3.08. The smallest absolute Gasteiger partial charge is 0.342 e. The highest BCUT2D eigenvalue weighted by Gasteiger charge is 2.17. The van der Waals surface area contributed by atoms with E-state index in [1.807, 2.05) is 25.1 Å². The number of methoxy groups -OCH3 is 3. The molecule has 0 saturated carbocycles. The first-order chi connectivity index (χ1) is 10.6. The molecule has 0 bridgehead atoms. The van der Waals surface area contributed by atoms with Crippen molar-refractivity contribution in [3.63, 3.8) is 0 Å². The number of nitrogens with zero attached hydrogens (tertiary/aromatic N) is 1. The van der Waals surface area contributed by atoms with Gasteiger partial charge in [0.2, 0.25) is 0 Å². The van der Waals surface area contributed by atoms with Gasteiger partial charge in [0.25, 0.3) is 0 Å². The molecular formula is C16H17NO4S. The number of carbonyl (C=O) groups is 1. The zero-order chi connectivity index (χ0) is 16.1. The normalized spacial score (nSPS) is 11.2. The molecule has 2 rings (SSSR count). The fourth-order valence-corrected chi connectivity index (χ4v) is 2.96. The van der Waals surface area contributed by atoms with Gasteiger partial charge in [0, 0.05) is 11.8 Å². The lowest BCUT2D eigenvalue weighted by atomic mass is 10.1. The second-order valence-electron chi connectivity index (χ2n) is 4.47. The van der Waals surface area contributed by atoms with Gasteiger partial charge in [0.05, 0.1) is 32.5 Å². The van der Waals surface area contributed by atoms with Crippen LogP contribution in [0.25, 0.3) is 16.1 Å². The number of carbonyl (C=O) groups excluding carboxylic acids is 1. The molecule has 0 spiro atoms. The molecule has 0 N–H and O–H groups in total. The maximum absolute atomic E-state index is 11.8. The number of aryl methyl sites for hydroxylation is 1. The van der Waals surface area contributed by atoms with Gasteiger partial charge in [-0.3, -0.25) is 0 Å². The summed E-state index contributed by atoms with van der Waals surface area (Å²) in [4.78, 5) is 16.9. The van der Waals surface area contributed by atoms with Crippen LogP contribution >= 0.6 is 11.3 Å². The molecule has 0 fully saturated rings. The summed E-state index contributed by atoms with van der Waals surface area (Å²) in [6.07, 6.45) is 3.01. The Labute approximate surface area is 133 Å². The molecule has 1 aromatic carbocycles. The van der Waals surface area contributed by atoms with Crippen molar-refractivity contribution < 1.29 is 19.0 Å². The lowest BCUT2D eigenvalue weighted by molar-refractivity contribution is -0.133. The lowest BCUT2D eigenvalue weighted by Gasteiger charge is -2.05. The van der Waals surface area contributed by atoms with Gasteiger partial charge >= 0.3 is 5.97 Å². The summed E-state index contributed by atoms with van der Waals surface area (Å²) in [6, 6.07) is 5.78. The van der Waals surface area contributed by atoms with E-state index < -0.39 is 5.97 Å². The fraction of sp³-hybridized carbons (Fsp3) is 0.250. The Morgan fingerprint density at radius 1 is 1.27 bits per heavy atom. The van der Waals surface area contributed by atoms with Crippen molar-refractivity contribution in [2.24, 2.45) is 0 Å². The summed E-state index contributed by atoms with van der Waals surface area (Å²) >= 11 is 1.40. The minimum Gasteiger partial charge on any atom is -0.503 e. The monoisotopic (exact) mass is 319 g/mol. The van der Waals surface area contributed by atoms with Crippen molar-refractivity contribution in [2.75, 3.05) is 21.3 Å². The molecule has 116 valence electrons. The first kappa shape index (κ1) is 16.0. The van der Waals surface area contributed by atoms with E-state index in [0.29, 0.717) is 10.5 Å². The number of benzene rings is 1. The third-order valence-corrected chi connectivity index (χ3v) is 4.14. The van der Waals surface area contributed by atoms with Crippen LogP contribution in [0.1, 0.15) is 10.4 Å². The Hall–Kier alpha value is -2.34. The molecule has 22 heavy (non-hydrogen) atoms. The minimum absolute atomic E-state index is 0.347. The number of hydrogen-bond donors (Lipinski definition) is 0. The Bertz CT molecular complexity index is 706. The molecule has 0 aliphatic carbocycles. The van der Waals surface area contributed by atoms with Crippen molar-refractivity contribution in [1.29, 1.82) is 0 Å². The van der Waals surface area contributed by atoms with Crippen LogP contribution in [0.15, 0.2) is 30.7 Å². The topological polar surface area (TPSA) is 57.7 Å². The van der Waals surface area contributed by atoms with Crippen LogP contribution in [-0.4, -0.2) is 32.3 Å². The molecule has 0 aliphatic rings. The SMILES string of the molecule is COC=C(C(=O)OC)c1cnc(-c2ccc(OC)cc2C)s1. The molecule has 0 amide bonds. The predicted molar refractivity (Wildman–Crippen MR) is 85.8 cm³/mol. The summed E-state index contributed by atoms with van der Waals surface area (Å²) in [7, 11) is 4.45. The predicted octanol–water partition coefficient (Wildman–Crippen LogP) is 3.29. The van der Waals surface area contributed by atoms with Gasteiger partial charge in [0.15, 0.2) is 0 Å². The van der Waals surface area contributed by atoms with E-state index in [-0.39, 0.29) is 0 Å². The van der Waals surface area contributed by atoms with E-state index >= 15 is 0 Å². The van der Waals surface area contributed by atoms with E-state index in [2.05, 4.69) is 4.98 Å². The zero-order valence-corrected chi connectivity index (χ0v) is 13.7. The maximum atomic E-state index is 11.8. The summed E-state index contributed by atoms with van der Waals surface area (Å²) in [5.41, 5.74) is 2.40. The van der Waals surface area contributed by atoms with Gasteiger partial charge in [-0.15, -0.1) is 11.3 Å². The van der Waals surface area contributed by atoms with Gasteiger partial charge in [-0.05, 0) is 30.7 Å². The zero-order valence-electron chi connectivity index (χ0n) is 12.9. The Balaban J connectivity index is 2.39. The molecule has 0 aliphatic heterocycles. The standard InChI is InChI=1S/C16H17NO4S/c1-10-7-11(20-3)5-6-12(10)15-17-8-14(22-15)13(9-19-2)16(18)21-4/h5-9H,1-4H3. The fourth-order valence-electron chi connectivity index (χ4n) is 1.96. The van der Waals surface area contributed by atoms with Crippen LogP contribution in [0, 0.1) is 6.92 Å². The van der Waals surface area contributed by atoms with Crippen LogP contribution in [0.4, 0.5) is 0 Å². The molecule has 0 saturated heterocycles. The molecule has 0 radical (unpaired) electrons. The summed E-state index contributed by atoms with van der Waals surface area (Å²) < 4.78 is 14.9. The van der Waals surface area contributed by atoms with Gasteiger partial charge in [-0.1, -0.05) is 0 Å². The van der Waals surface area contributed by atoms with E-state index in [4.69, 9.17) is 14.2 Å². The summed E-state index contributed by atoms with van der Waals surface area (Å²) in [5.74, 6) is 0.344. The van der Waals surface area contributed by atoms with Crippen molar-refractivity contribution in [1.82, 2.24) is 4.98 Å². The molecule has 1 heterocycles. The average Bonchev–Trinajstić information content (AvgIpc) is 3.00. The van der Waals surface area contributed by atoms with Gasteiger partial charge in [0.1, 0.15) is 16.3 Å². The number of esters is 1. The van der Waals surface area contributed by atoms with Crippen LogP contribution < -0.4 is 4.74 Å². The largest absolute Gasteiger partial charge is 0.503 e. The number of thiazole rings is 1. The Morgan fingerprint density at radius 3 is 2.64 bits per heavy atom. The quantitative estimate of drug-likeness (QED) is 0.481. The number of rotatable bonds is 5. The second-order valence-corrected chi connectivity index (χ2v) is 5.50. The maximum Gasteiger partial charge on any atom is 0.342 e. The van der Waals surface area contributed by atoms with Crippen LogP contribution in [0.2, 0.25) is 0 Å². The Kier molecular flexibility index (Phi) is 5.16. The molecular weight excluding hydrogens is 302 g/mol. The van der Waals surface area contributed by atoms with E-state index in [9.17, 15) is 4.79 Å². The highest BCUT2D eigenvalue weighted by atomic mass is 32.1. The molecule has 0 unspecified atom stereocenters. The molecule has 5 nitrogen and oxygen atoms in total. The second kappa shape index (κ2) is 7.09. The van der Waals surface area contributed by atoms with Gasteiger partial charge in [-0.25, -0.2) is 9.78 Å². The van der Waals surface area contributed by atoms with Gasteiger partial charge < -0.3 is 14.2 Å². The van der Waals surface area contributed by atoms with Gasteiger partial charge in [-0.2, -0.15) is 0 Å². The average molecular weight is 319 g/mol. The third kappa shape index (κ3) is 3.28. The first-order valence-corrected chi connectivity index (χ1v) is 7.34. The molecule has 6 heteroatoms. The van der Waals surface area contributed by atoms with Crippen molar-refractivity contribution >= 4 is 22.9 Å². The molecule has 1 aromatic heterocycles. The van der Waals surface area contributed by atoms with Crippen molar-refractivity contribution in [3.8, 4) is 16.3 Å². The summed E-state index contributed by atoms with van der Waals surface area (Å²) in [6.45, 7) is 1.99. The highest BCUT2D eigenvalue weighted by molar-refractivity contribution is 7.16. The number of ether oxygens (including phenoxy) is 3. The minimum atomic E-state index is -0.455. The van der Waals surface area contributed by atoms with Crippen LogP contribution in [0.5, 0.6) is 5.75 Å². The lowest BCUT2D eigenvalue weighted by Crippen LogP contribution is -2.02.